The molecule has 2 amide bonds. The molecule has 31 heavy (non-hydrogen) atoms. The van der Waals surface area contributed by atoms with Crippen LogP contribution in [0.2, 0.25) is 0 Å². The molecule has 2 aromatic rings. The van der Waals surface area contributed by atoms with Gasteiger partial charge in [0.05, 0.1) is 21.9 Å². The van der Waals surface area contributed by atoms with E-state index in [-0.39, 0.29) is 22.4 Å². The Morgan fingerprint density at radius 3 is 2.68 bits per heavy atom. The summed E-state index contributed by atoms with van der Waals surface area (Å²) < 4.78 is 63.6. The molecule has 1 aliphatic rings. The zero-order chi connectivity index (χ0) is 22.8. The van der Waals surface area contributed by atoms with Crippen LogP contribution in [0.25, 0.3) is 0 Å². The summed E-state index contributed by atoms with van der Waals surface area (Å²) in [4.78, 5) is 24.8. The molecule has 0 fully saturated rings. The normalized spacial score (nSPS) is 16.8. The van der Waals surface area contributed by atoms with E-state index in [1.54, 1.807) is 13.0 Å². The predicted octanol–water partition coefficient (Wildman–Crippen LogP) is 4.19. The molecular weight excluding hydrogens is 453 g/mol. The van der Waals surface area contributed by atoms with Crippen LogP contribution < -0.4 is 10.6 Å². The molecule has 11 heteroatoms. The Bertz CT molecular complexity index is 1120. The van der Waals surface area contributed by atoms with Crippen LogP contribution in [0.3, 0.4) is 0 Å². The van der Waals surface area contributed by atoms with Crippen molar-refractivity contribution < 1.29 is 31.2 Å². The van der Waals surface area contributed by atoms with Crippen LogP contribution in [0.4, 0.5) is 24.5 Å². The maximum atomic E-state index is 12.8. The molecule has 2 aromatic carbocycles. The van der Waals surface area contributed by atoms with E-state index in [0.29, 0.717) is 11.4 Å². The highest BCUT2D eigenvalue weighted by atomic mass is 32.2. The van der Waals surface area contributed by atoms with Gasteiger partial charge >= 0.3 is 6.18 Å². The van der Waals surface area contributed by atoms with Gasteiger partial charge in [0, 0.05) is 28.7 Å². The Hall–Kier alpha value is -2.53. The molecule has 0 aromatic heterocycles. The summed E-state index contributed by atoms with van der Waals surface area (Å²) in [6.45, 7) is 1.77. The smallest absolute Gasteiger partial charge is 0.326 e. The van der Waals surface area contributed by atoms with Crippen LogP contribution in [0.5, 0.6) is 0 Å². The van der Waals surface area contributed by atoms with Gasteiger partial charge in [0.25, 0.3) is 0 Å². The van der Waals surface area contributed by atoms with Crippen LogP contribution in [0.1, 0.15) is 18.9 Å². The Morgan fingerprint density at radius 2 is 1.97 bits per heavy atom. The Labute approximate surface area is 181 Å². The van der Waals surface area contributed by atoms with Gasteiger partial charge in [-0.3, -0.25) is 9.59 Å². The quantitative estimate of drug-likeness (QED) is 0.681. The maximum absolute atomic E-state index is 12.8. The van der Waals surface area contributed by atoms with E-state index in [2.05, 4.69) is 10.6 Å². The number of halogens is 3. The molecule has 0 radical (unpaired) electrons. The van der Waals surface area contributed by atoms with E-state index in [1.807, 2.05) is 0 Å². The molecule has 1 atom stereocenters. The molecule has 3 rings (SSSR count). The first-order chi connectivity index (χ1) is 14.5. The van der Waals surface area contributed by atoms with E-state index < -0.39 is 39.7 Å². The highest BCUT2D eigenvalue weighted by Crippen LogP contribution is 2.34. The lowest BCUT2D eigenvalue weighted by Gasteiger charge is -2.11. The Kier molecular flexibility index (Phi) is 6.65. The van der Waals surface area contributed by atoms with Crippen molar-refractivity contribution in [1.82, 2.24) is 0 Å². The number of hydrogen-bond acceptors (Lipinski definition) is 5. The van der Waals surface area contributed by atoms with Gasteiger partial charge in [-0.2, -0.15) is 13.2 Å². The number of carbonyl (C=O) groups excluding carboxylic acids is 2. The number of hydrogen-bond donors (Lipinski definition) is 2. The fourth-order valence-electron chi connectivity index (χ4n) is 2.81. The molecule has 2 N–H and O–H groups in total. The second-order valence-corrected chi connectivity index (χ2v) is 10.2. The fourth-order valence-corrected chi connectivity index (χ4v) is 5.09. The molecule has 166 valence electrons. The first kappa shape index (κ1) is 23.1. The number of benzene rings is 2. The van der Waals surface area contributed by atoms with Gasteiger partial charge in [0.2, 0.25) is 11.8 Å². The third-order valence-electron chi connectivity index (χ3n) is 4.58. The van der Waals surface area contributed by atoms with Crippen LogP contribution in [0.15, 0.2) is 52.3 Å². The molecule has 6 nitrogen and oxygen atoms in total. The number of anilines is 2. The number of nitrogens with one attached hydrogen (secondary N) is 2. The number of amides is 2. The van der Waals surface area contributed by atoms with Gasteiger partial charge in [-0.15, -0.1) is 11.8 Å². The maximum Gasteiger partial charge on any atom is 0.416 e. The van der Waals surface area contributed by atoms with Gasteiger partial charge in [0.1, 0.15) is 0 Å². The first-order valence-electron chi connectivity index (χ1n) is 9.23. The second kappa shape index (κ2) is 8.91. The van der Waals surface area contributed by atoms with Crippen molar-refractivity contribution in [3.8, 4) is 0 Å². The standard InChI is InChI=1S/C20H19F3N2O4S2/c1-12-11-30-17-6-5-15(10-16(17)25-19(12)27)31(28,29)8-7-18(26)24-14-4-2-3-13(9-14)20(21,22)23/h2-6,9-10,12H,7-8,11H2,1H3,(H,24,26)(H,25,27). The lowest BCUT2D eigenvalue weighted by molar-refractivity contribution is -0.137. The number of thioether (sulfide) groups is 1. The largest absolute Gasteiger partial charge is 0.416 e. The van der Waals surface area contributed by atoms with Crippen molar-refractivity contribution in [2.24, 2.45) is 5.92 Å². The van der Waals surface area contributed by atoms with Crippen molar-refractivity contribution >= 4 is 44.8 Å². The fraction of sp³-hybridized carbons (Fsp3) is 0.300. The average molecular weight is 473 g/mol. The molecule has 0 bridgehead atoms. The highest BCUT2D eigenvalue weighted by molar-refractivity contribution is 7.99. The highest BCUT2D eigenvalue weighted by Gasteiger charge is 2.30. The lowest BCUT2D eigenvalue weighted by atomic mass is 10.2. The van der Waals surface area contributed by atoms with Crippen LogP contribution in [0, 0.1) is 5.92 Å². The zero-order valence-corrected chi connectivity index (χ0v) is 18.0. The monoisotopic (exact) mass is 472 g/mol. The minimum absolute atomic E-state index is 0.0476. The third-order valence-corrected chi connectivity index (χ3v) is 7.62. The summed E-state index contributed by atoms with van der Waals surface area (Å²) in [6, 6.07) is 8.46. The van der Waals surface area contributed by atoms with Gasteiger partial charge in [-0.05, 0) is 36.4 Å². The molecule has 0 saturated heterocycles. The second-order valence-electron chi connectivity index (χ2n) is 7.05. The van der Waals surface area contributed by atoms with E-state index in [1.165, 1.54) is 30.0 Å². The van der Waals surface area contributed by atoms with E-state index in [4.69, 9.17) is 0 Å². The molecule has 0 saturated carbocycles. The molecule has 0 spiro atoms. The van der Waals surface area contributed by atoms with Crippen LogP contribution in [-0.4, -0.2) is 31.7 Å². The van der Waals surface area contributed by atoms with Gasteiger partial charge in [0.15, 0.2) is 9.84 Å². The summed E-state index contributed by atoms with van der Waals surface area (Å²) >= 11 is 1.44. The average Bonchev–Trinajstić information content (AvgIpc) is 2.84. The van der Waals surface area contributed by atoms with E-state index in [0.717, 1.165) is 23.1 Å². The summed E-state index contributed by atoms with van der Waals surface area (Å²) in [6.07, 6.45) is -4.99. The number of fused-ring (bicyclic) bond motifs is 1. The molecular formula is C20H19F3N2O4S2. The predicted molar refractivity (Wildman–Crippen MR) is 112 cm³/mol. The summed E-state index contributed by atoms with van der Waals surface area (Å²) in [5.74, 6) is -1.12. The zero-order valence-electron chi connectivity index (χ0n) is 16.3. The summed E-state index contributed by atoms with van der Waals surface area (Å²) in [5, 5.41) is 4.99. The summed E-state index contributed by atoms with van der Waals surface area (Å²) in [5.41, 5.74) is -0.595. The first-order valence-corrected chi connectivity index (χ1v) is 11.9. The number of sulfone groups is 1. The van der Waals surface area contributed by atoms with E-state index in [9.17, 15) is 31.2 Å². The van der Waals surface area contributed by atoms with Crippen molar-refractivity contribution in [1.29, 1.82) is 0 Å². The van der Waals surface area contributed by atoms with Gasteiger partial charge < -0.3 is 10.6 Å². The van der Waals surface area contributed by atoms with Gasteiger partial charge in [-0.25, -0.2) is 8.42 Å². The molecule has 0 aliphatic carbocycles. The Balaban J connectivity index is 1.67. The van der Waals surface area contributed by atoms with Crippen molar-refractivity contribution in [2.45, 2.75) is 29.3 Å². The minimum atomic E-state index is -4.55. The topological polar surface area (TPSA) is 92.3 Å². The summed E-state index contributed by atoms with van der Waals surface area (Å²) in [7, 11) is -3.86. The lowest BCUT2D eigenvalue weighted by Crippen LogP contribution is -2.20. The molecule has 1 unspecified atom stereocenters. The van der Waals surface area contributed by atoms with Gasteiger partial charge in [-0.1, -0.05) is 13.0 Å². The minimum Gasteiger partial charge on any atom is -0.326 e. The number of rotatable bonds is 5. The van der Waals surface area contributed by atoms with Crippen molar-refractivity contribution in [3.63, 3.8) is 0 Å². The van der Waals surface area contributed by atoms with E-state index >= 15 is 0 Å². The van der Waals surface area contributed by atoms with Crippen LogP contribution >= 0.6 is 11.8 Å². The SMILES string of the molecule is CC1CSc2ccc(S(=O)(=O)CCC(=O)Nc3cccc(C(F)(F)F)c3)cc2NC1=O. The molecule has 1 heterocycles. The van der Waals surface area contributed by atoms with Crippen LogP contribution in [-0.2, 0) is 25.6 Å². The number of alkyl halides is 3. The Morgan fingerprint density at radius 1 is 1.23 bits per heavy atom. The van der Waals surface area contributed by atoms with Crippen molar-refractivity contribution in [2.75, 3.05) is 22.1 Å². The third kappa shape index (κ3) is 5.79. The van der Waals surface area contributed by atoms with Crippen molar-refractivity contribution in [3.05, 3.63) is 48.0 Å². The molecule has 1 aliphatic heterocycles. The number of carbonyl (C=O) groups is 2.